The number of nitrogens with one attached hydrogen (secondary N) is 1. The van der Waals surface area contributed by atoms with Crippen molar-refractivity contribution in [3.63, 3.8) is 0 Å². The molecule has 0 aromatic heterocycles. The van der Waals surface area contributed by atoms with Crippen LogP contribution >= 0.6 is 0 Å². The first-order chi connectivity index (χ1) is 19.2. The minimum Gasteiger partial charge on any atom is -0.478 e. The molecule has 7 unspecified atom stereocenters. The quantitative estimate of drug-likeness (QED) is 0.133. The minimum absolute atomic E-state index is 0.000889. The van der Waals surface area contributed by atoms with Gasteiger partial charge >= 0.3 is 5.97 Å². The molecule has 2 bridgehead atoms. The highest BCUT2D eigenvalue weighted by Crippen LogP contribution is 2.82. The summed E-state index contributed by atoms with van der Waals surface area (Å²) in [5.74, 6) is -0.639. The van der Waals surface area contributed by atoms with Gasteiger partial charge in [0.05, 0.1) is 24.9 Å². The van der Waals surface area contributed by atoms with Crippen molar-refractivity contribution in [2.45, 2.75) is 70.0 Å². The molecule has 9 nitrogen and oxygen atoms in total. The maximum absolute atomic E-state index is 13.2. The van der Waals surface area contributed by atoms with Gasteiger partial charge in [0.2, 0.25) is 0 Å². The monoisotopic (exact) mass is 554 g/mol. The second kappa shape index (κ2) is 9.96. The van der Waals surface area contributed by atoms with E-state index in [1.807, 2.05) is 11.1 Å². The van der Waals surface area contributed by atoms with Crippen molar-refractivity contribution in [2.75, 3.05) is 39.9 Å². The fourth-order valence-electron chi connectivity index (χ4n) is 10.4. The van der Waals surface area contributed by atoms with E-state index >= 15 is 0 Å². The number of guanidine groups is 1. The molecule has 0 aromatic rings. The Hall–Kier alpha value is -2.20. The van der Waals surface area contributed by atoms with Gasteiger partial charge in [0.25, 0.3) is 0 Å². The molecule has 5 aliphatic carbocycles. The van der Waals surface area contributed by atoms with Crippen molar-refractivity contribution >= 4 is 11.9 Å². The zero-order chi connectivity index (χ0) is 28.3. The van der Waals surface area contributed by atoms with Gasteiger partial charge in [-0.1, -0.05) is 44.4 Å². The maximum atomic E-state index is 13.2. The van der Waals surface area contributed by atoms with Crippen LogP contribution in [0.4, 0.5) is 0 Å². The normalized spacial score (nSPS) is 42.4. The van der Waals surface area contributed by atoms with Crippen molar-refractivity contribution in [3.8, 4) is 0 Å². The van der Waals surface area contributed by atoms with Gasteiger partial charge in [0.1, 0.15) is 5.60 Å². The zero-order valence-electron chi connectivity index (χ0n) is 23.9. The summed E-state index contributed by atoms with van der Waals surface area (Å²) in [4.78, 5) is 19.5. The Balaban J connectivity index is 1.55. The average Bonchev–Trinajstić information content (AvgIpc) is 3.30. The number of allylic oxidation sites excluding steroid dienone is 1. The number of rotatable bonds is 8. The van der Waals surface area contributed by atoms with Crippen LogP contribution < -0.4 is 11.1 Å². The first kappa shape index (κ1) is 27.9. The number of nitrogens with two attached hydrogens (primary N) is 1. The Labute approximate surface area is 237 Å². The number of nitrogens with zero attached hydrogens (tertiary/aromatic N) is 2. The maximum Gasteiger partial charge on any atom is 0.334 e. The van der Waals surface area contributed by atoms with Crippen molar-refractivity contribution in [1.29, 1.82) is 0 Å². The van der Waals surface area contributed by atoms with Crippen LogP contribution in [-0.4, -0.2) is 83.7 Å². The topological polar surface area (TPSA) is 141 Å². The number of hydrogen-bond donors (Lipinski definition) is 5. The van der Waals surface area contributed by atoms with Crippen LogP contribution in [0.1, 0.15) is 58.3 Å². The van der Waals surface area contributed by atoms with Crippen LogP contribution in [0.5, 0.6) is 0 Å². The van der Waals surface area contributed by atoms with Gasteiger partial charge in [0.15, 0.2) is 5.96 Å². The van der Waals surface area contributed by atoms with Crippen molar-refractivity contribution in [3.05, 3.63) is 35.6 Å². The molecule has 0 amide bonds. The van der Waals surface area contributed by atoms with Gasteiger partial charge in [-0.3, -0.25) is 4.99 Å². The summed E-state index contributed by atoms with van der Waals surface area (Å²) >= 11 is 0. The molecular formula is C31H46N4O5. The fraction of sp³-hybridized carbons (Fsp3) is 0.742. The highest BCUT2D eigenvalue weighted by Gasteiger charge is 2.82. The highest BCUT2D eigenvalue weighted by molar-refractivity contribution is 5.92. The van der Waals surface area contributed by atoms with Gasteiger partial charge in [-0.15, -0.1) is 0 Å². The number of aliphatic imine (C=N–C) groups is 1. The molecule has 9 heteroatoms. The summed E-state index contributed by atoms with van der Waals surface area (Å²) in [6, 6.07) is 0. The van der Waals surface area contributed by atoms with E-state index in [1.165, 1.54) is 6.42 Å². The third-order valence-electron chi connectivity index (χ3n) is 11.8. The van der Waals surface area contributed by atoms with Gasteiger partial charge in [0, 0.05) is 55.0 Å². The summed E-state index contributed by atoms with van der Waals surface area (Å²) in [7, 11) is 1.69. The lowest BCUT2D eigenvalue weighted by molar-refractivity contribution is -0.179. The van der Waals surface area contributed by atoms with Crippen molar-refractivity contribution < 1.29 is 24.9 Å². The zero-order valence-corrected chi connectivity index (χ0v) is 23.9. The SMILES string of the molecule is CN=C(N)N1C=CC2(CNCCO)C=CC3C(O)(COC4CCCCC4)C(C(=O)O)=C4CC5CCC(C)C43C52C1. The summed E-state index contributed by atoms with van der Waals surface area (Å²) < 4.78 is 6.41. The van der Waals surface area contributed by atoms with Crippen molar-refractivity contribution in [1.82, 2.24) is 10.2 Å². The van der Waals surface area contributed by atoms with Crippen LogP contribution in [0, 0.1) is 34.0 Å². The molecule has 1 aliphatic heterocycles. The van der Waals surface area contributed by atoms with E-state index in [9.17, 15) is 20.1 Å². The molecule has 0 aromatic carbocycles. The number of carboxylic acids is 1. The molecule has 3 fully saturated rings. The van der Waals surface area contributed by atoms with Gasteiger partial charge < -0.3 is 36.0 Å². The first-order valence-electron chi connectivity index (χ1n) is 15.2. The molecule has 1 heterocycles. The number of carbonyl (C=O) groups is 1. The predicted octanol–water partition coefficient (Wildman–Crippen LogP) is 2.41. The Bertz CT molecular complexity index is 1160. The Morgan fingerprint density at radius 2 is 2.00 bits per heavy atom. The first-order valence-corrected chi connectivity index (χ1v) is 15.2. The van der Waals surface area contributed by atoms with Gasteiger partial charge in [-0.25, -0.2) is 4.79 Å². The van der Waals surface area contributed by atoms with Gasteiger partial charge in [-0.2, -0.15) is 0 Å². The van der Waals surface area contributed by atoms with Crippen LogP contribution in [-0.2, 0) is 9.53 Å². The van der Waals surface area contributed by atoms with E-state index < -0.39 is 33.7 Å². The van der Waals surface area contributed by atoms with E-state index in [4.69, 9.17) is 10.5 Å². The lowest BCUT2D eigenvalue weighted by Gasteiger charge is -2.68. The predicted molar refractivity (Wildman–Crippen MR) is 152 cm³/mol. The molecule has 0 saturated heterocycles. The molecule has 2 spiro atoms. The fourth-order valence-corrected chi connectivity index (χ4v) is 10.4. The molecule has 6 rings (SSSR count). The van der Waals surface area contributed by atoms with Crippen LogP contribution in [0.2, 0.25) is 0 Å². The standard InChI is InChI=1S/C31H46N4O5/c1-20-8-9-21-16-23-25(26(37)38)29(39,19-40-22-6-4-3-5-7-22)24-10-11-28(17-34-13-15-36)12-14-35(27(32)33-2)18-30(21,28)31(20,23)24/h10-12,14,20-22,24,34,36,39H,3-9,13,15-19H2,1-2H3,(H2,32,33)(H,37,38). The number of hydrogen-bond acceptors (Lipinski definition) is 6. The molecule has 220 valence electrons. The van der Waals surface area contributed by atoms with Crippen LogP contribution in [0.15, 0.2) is 40.6 Å². The number of aliphatic hydroxyl groups excluding tert-OH is 1. The largest absolute Gasteiger partial charge is 0.478 e. The van der Waals surface area contributed by atoms with E-state index in [1.54, 1.807) is 7.05 Å². The summed E-state index contributed by atoms with van der Waals surface area (Å²) in [6.07, 6.45) is 16.6. The molecule has 6 N–H and O–H groups in total. The Kier molecular flexibility index (Phi) is 6.96. The highest BCUT2D eigenvalue weighted by atomic mass is 16.5. The number of carboxylic acid groups (broad SMARTS) is 1. The number of ether oxygens (including phenoxy) is 1. The number of aliphatic hydroxyl groups is 2. The molecule has 6 aliphatic rings. The lowest BCUT2D eigenvalue weighted by Crippen LogP contribution is -2.70. The van der Waals surface area contributed by atoms with Crippen LogP contribution in [0.25, 0.3) is 0 Å². The summed E-state index contributed by atoms with van der Waals surface area (Å²) in [6.45, 7) is 3.98. The van der Waals surface area contributed by atoms with Crippen molar-refractivity contribution in [2.24, 2.45) is 44.7 Å². The smallest absolute Gasteiger partial charge is 0.334 e. The molecule has 3 saturated carbocycles. The second-order valence-corrected chi connectivity index (χ2v) is 13.2. The Morgan fingerprint density at radius 3 is 2.70 bits per heavy atom. The van der Waals surface area contributed by atoms with E-state index in [0.29, 0.717) is 32.0 Å². The molecule has 7 atom stereocenters. The van der Waals surface area contributed by atoms with E-state index in [-0.39, 0.29) is 36.7 Å². The third kappa shape index (κ3) is 3.47. The molecule has 40 heavy (non-hydrogen) atoms. The molecular weight excluding hydrogens is 508 g/mol. The van der Waals surface area contributed by atoms with Crippen LogP contribution in [0.3, 0.4) is 0 Å². The third-order valence-corrected chi connectivity index (χ3v) is 11.8. The Morgan fingerprint density at radius 1 is 1.23 bits per heavy atom. The number of aliphatic carboxylic acids is 1. The summed E-state index contributed by atoms with van der Waals surface area (Å²) in [5, 5.41) is 36.5. The summed E-state index contributed by atoms with van der Waals surface area (Å²) in [5.41, 5.74) is 4.48. The molecule has 0 radical (unpaired) electrons. The second-order valence-electron chi connectivity index (χ2n) is 13.2. The van der Waals surface area contributed by atoms with E-state index in [2.05, 4.69) is 35.5 Å². The minimum atomic E-state index is -1.61. The van der Waals surface area contributed by atoms with E-state index in [0.717, 1.165) is 44.1 Å². The van der Waals surface area contributed by atoms with Gasteiger partial charge in [-0.05, 0) is 49.5 Å². The lowest BCUT2D eigenvalue weighted by atomic mass is 9.37. The average molecular weight is 555 g/mol.